The van der Waals surface area contributed by atoms with Gasteiger partial charge >= 0.3 is 0 Å². The van der Waals surface area contributed by atoms with Gasteiger partial charge in [-0.15, -0.1) is 0 Å². The summed E-state index contributed by atoms with van der Waals surface area (Å²) < 4.78 is 1.82. The SMILES string of the molecule is CCC(N)C(c1cnn(C)c1)N1CCC(C(=O)NC)CC1. The molecular weight excluding hydrogens is 266 g/mol. The number of aromatic nitrogens is 2. The molecule has 1 amide bonds. The first kappa shape index (κ1) is 16.0. The summed E-state index contributed by atoms with van der Waals surface area (Å²) >= 11 is 0. The molecule has 118 valence electrons. The molecule has 2 rings (SSSR count). The number of hydrogen-bond donors (Lipinski definition) is 2. The summed E-state index contributed by atoms with van der Waals surface area (Å²) in [5.41, 5.74) is 7.52. The fourth-order valence-electron chi connectivity index (χ4n) is 3.19. The van der Waals surface area contributed by atoms with Gasteiger partial charge in [0.25, 0.3) is 0 Å². The Balaban J connectivity index is 2.07. The zero-order chi connectivity index (χ0) is 15.4. The van der Waals surface area contributed by atoms with Gasteiger partial charge in [-0.25, -0.2) is 0 Å². The number of likely N-dealkylation sites (tertiary alicyclic amines) is 1. The highest BCUT2D eigenvalue weighted by molar-refractivity contribution is 5.78. The molecule has 1 aromatic heterocycles. The quantitative estimate of drug-likeness (QED) is 0.836. The highest BCUT2D eigenvalue weighted by Gasteiger charge is 2.32. The van der Waals surface area contributed by atoms with Crippen molar-refractivity contribution in [1.29, 1.82) is 0 Å². The van der Waals surface area contributed by atoms with Crippen LogP contribution < -0.4 is 11.1 Å². The molecule has 21 heavy (non-hydrogen) atoms. The summed E-state index contributed by atoms with van der Waals surface area (Å²) in [6.45, 7) is 3.93. The molecule has 0 aliphatic carbocycles. The second-order valence-corrected chi connectivity index (χ2v) is 5.89. The number of piperidine rings is 1. The van der Waals surface area contributed by atoms with Crippen LogP contribution in [0.15, 0.2) is 12.4 Å². The maximum Gasteiger partial charge on any atom is 0.222 e. The molecule has 2 unspecified atom stereocenters. The fraction of sp³-hybridized carbons (Fsp3) is 0.733. The van der Waals surface area contributed by atoms with E-state index in [4.69, 9.17) is 5.73 Å². The van der Waals surface area contributed by atoms with Crippen LogP contribution in [0.25, 0.3) is 0 Å². The number of aryl methyl sites for hydroxylation is 1. The molecule has 6 nitrogen and oxygen atoms in total. The van der Waals surface area contributed by atoms with E-state index in [0.717, 1.165) is 32.4 Å². The third-order valence-electron chi connectivity index (χ3n) is 4.48. The number of rotatable bonds is 5. The van der Waals surface area contributed by atoms with Crippen LogP contribution in [0.2, 0.25) is 0 Å². The van der Waals surface area contributed by atoms with E-state index in [1.807, 2.05) is 24.1 Å². The molecule has 1 aliphatic heterocycles. The van der Waals surface area contributed by atoms with E-state index in [-0.39, 0.29) is 23.9 Å². The lowest BCUT2D eigenvalue weighted by Crippen LogP contribution is -2.46. The van der Waals surface area contributed by atoms with Crippen LogP contribution in [0, 0.1) is 5.92 Å². The predicted octanol–water partition coefficient (Wildman–Crippen LogP) is 0.657. The van der Waals surface area contributed by atoms with E-state index < -0.39 is 0 Å². The number of carbonyl (C=O) groups is 1. The van der Waals surface area contributed by atoms with E-state index in [1.165, 1.54) is 5.56 Å². The van der Waals surface area contributed by atoms with Crippen molar-refractivity contribution in [2.45, 2.75) is 38.3 Å². The molecule has 0 aromatic carbocycles. The minimum atomic E-state index is 0.0887. The average Bonchev–Trinajstić information content (AvgIpc) is 2.93. The van der Waals surface area contributed by atoms with E-state index >= 15 is 0 Å². The van der Waals surface area contributed by atoms with Crippen molar-refractivity contribution in [3.05, 3.63) is 18.0 Å². The van der Waals surface area contributed by atoms with E-state index in [0.29, 0.717) is 0 Å². The second-order valence-electron chi connectivity index (χ2n) is 5.89. The van der Waals surface area contributed by atoms with Gasteiger partial charge in [-0.05, 0) is 32.4 Å². The maximum atomic E-state index is 11.7. The van der Waals surface area contributed by atoms with Gasteiger partial charge in [-0.3, -0.25) is 14.4 Å². The Labute approximate surface area is 126 Å². The van der Waals surface area contributed by atoms with Crippen LogP contribution in [0.5, 0.6) is 0 Å². The number of nitrogens with two attached hydrogens (primary N) is 1. The van der Waals surface area contributed by atoms with Crippen molar-refractivity contribution >= 4 is 5.91 Å². The van der Waals surface area contributed by atoms with Crippen molar-refractivity contribution in [2.24, 2.45) is 18.7 Å². The van der Waals surface area contributed by atoms with Gasteiger partial charge in [0.15, 0.2) is 0 Å². The van der Waals surface area contributed by atoms with Crippen molar-refractivity contribution in [3.8, 4) is 0 Å². The lowest BCUT2D eigenvalue weighted by molar-refractivity contribution is -0.126. The first-order valence-electron chi connectivity index (χ1n) is 7.76. The maximum absolute atomic E-state index is 11.7. The molecule has 0 spiro atoms. The molecule has 2 atom stereocenters. The minimum absolute atomic E-state index is 0.0887. The van der Waals surface area contributed by atoms with Crippen LogP contribution in [-0.2, 0) is 11.8 Å². The predicted molar refractivity (Wildman–Crippen MR) is 82.6 cm³/mol. The number of carbonyl (C=O) groups excluding carboxylic acids is 1. The number of hydrogen-bond acceptors (Lipinski definition) is 4. The Kier molecular flexibility index (Phi) is 5.36. The topological polar surface area (TPSA) is 76.2 Å². The van der Waals surface area contributed by atoms with Crippen LogP contribution in [0.1, 0.15) is 37.8 Å². The number of amides is 1. The summed E-state index contributed by atoms with van der Waals surface area (Å²) in [6, 6.07) is 0.278. The third kappa shape index (κ3) is 3.63. The molecular formula is C15H27N5O. The zero-order valence-electron chi connectivity index (χ0n) is 13.2. The van der Waals surface area contributed by atoms with E-state index in [9.17, 15) is 4.79 Å². The van der Waals surface area contributed by atoms with Gasteiger partial charge < -0.3 is 11.1 Å². The van der Waals surface area contributed by atoms with Gasteiger partial charge in [0, 0.05) is 37.8 Å². The normalized spacial score (nSPS) is 20.2. The van der Waals surface area contributed by atoms with Crippen LogP contribution in [-0.4, -0.2) is 46.8 Å². The highest BCUT2D eigenvalue weighted by atomic mass is 16.1. The first-order valence-corrected chi connectivity index (χ1v) is 7.76. The molecule has 1 fully saturated rings. The Hall–Kier alpha value is -1.40. The molecule has 1 saturated heterocycles. The summed E-state index contributed by atoms with van der Waals surface area (Å²) in [5, 5.41) is 7.03. The van der Waals surface area contributed by atoms with Gasteiger partial charge in [0.05, 0.1) is 12.2 Å². The molecule has 0 radical (unpaired) electrons. The Bertz CT molecular complexity index is 464. The number of nitrogens with zero attached hydrogens (tertiary/aromatic N) is 3. The Morgan fingerprint density at radius 1 is 1.52 bits per heavy atom. The summed E-state index contributed by atoms with van der Waals surface area (Å²) in [5.74, 6) is 0.297. The molecule has 3 N–H and O–H groups in total. The average molecular weight is 293 g/mol. The lowest BCUT2D eigenvalue weighted by Gasteiger charge is -2.39. The van der Waals surface area contributed by atoms with E-state index in [1.54, 1.807) is 7.05 Å². The van der Waals surface area contributed by atoms with Crippen LogP contribution in [0.3, 0.4) is 0 Å². The van der Waals surface area contributed by atoms with Crippen molar-refractivity contribution in [1.82, 2.24) is 20.0 Å². The fourth-order valence-corrected chi connectivity index (χ4v) is 3.19. The standard InChI is InChI=1S/C15H27N5O/c1-4-13(16)14(12-9-18-19(3)10-12)20-7-5-11(6-8-20)15(21)17-2/h9-11,13-14H,4-8,16H2,1-3H3,(H,17,21). The zero-order valence-corrected chi connectivity index (χ0v) is 13.2. The summed E-state index contributed by atoms with van der Waals surface area (Å²) in [6.07, 6.45) is 6.67. The molecule has 0 saturated carbocycles. The van der Waals surface area contributed by atoms with Gasteiger partial charge in [-0.2, -0.15) is 5.10 Å². The monoisotopic (exact) mass is 293 g/mol. The Morgan fingerprint density at radius 3 is 2.67 bits per heavy atom. The van der Waals surface area contributed by atoms with E-state index in [2.05, 4.69) is 22.2 Å². The van der Waals surface area contributed by atoms with Crippen molar-refractivity contribution < 1.29 is 4.79 Å². The first-order chi connectivity index (χ1) is 10.1. The minimum Gasteiger partial charge on any atom is -0.359 e. The molecule has 0 bridgehead atoms. The highest BCUT2D eigenvalue weighted by Crippen LogP contribution is 2.29. The molecule has 6 heteroatoms. The van der Waals surface area contributed by atoms with Crippen LogP contribution >= 0.6 is 0 Å². The second kappa shape index (κ2) is 7.04. The lowest BCUT2D eigenvalue weighted by atomic mass is 9.91. The summed E-state index contributed by atoms with van der Waals surface area (Å²) in [7, 11) is 3.63. The largest absolute Gasteiger partial charge is 0.359 e. The molecule has 2 heterocycles. The third-order valence-corrected chi connectivity index (χ3v) is 4.48. The van der Waals surface area contributed by atoms with Gasteiger partial charge in [0.1, 0.15) is 0 Å². The smallest absolute Gasteiger partial charge is 0.222 e. The van der Waals surface area contributed by atoms with Gasteiger partial charge in [0.2, 0.25) is 5.91 Å². The molecule has 1 aromatic rings. The van der Waals surface area contributed by atoms with Crippen molar-refractivity contribution in [3.63, 3.8) is 0 Å². The Morgan fingerprint density at radius 2 is 2.19 bits per heavy atom. The number of nitrogens with one attached hydrogen (secondary N) is 1. The van der Waals surface area contributed by atoms with Crippen molar-refractivity contribution in [2.75, 3.05) is 20.1 Å². The molecule has 1 aliphatic rings. The van der Waals surface area contributed by atoms with Gasteiger partial charge in [-0.1, -0.05) is 6.92 Å². The van der Waals surface area contributed by atoms with Crippen LogP contribution in [0.4, 0.5) is 0 Å². The summed E-state index contributed by atoms with van der Waals surface area (Å²) in [4.78, 5) is 14.1.